The molecule has 5 heteroatoms. The summed E-state index contributed by atoms with van der Waals surface area (Å²) in [6, 6.07) is 11.5. The summed E-state index contributed by atoms with van der Waals surface area (Å²) in [4.78, 5) is 27.0. The first kappa shape index (κ1) is 16.7. The number of hydrogen-bond donors (Lipinski definition) is 1. The Hall–Kier alpha value is -2.14. The van der Waals surface area contributed by atoms with Gasteiger partial charge in [0.25, 0.3) is 0 Å². The summed E-state index contributed by atoms with van der Waals surface area (Å²) in [6.45, 7) is 0. The number of amides is 1. The summed E-state index contributed by atoms with van der Waals surface area (Å²) in [5, 5.41) is 9.54. The van der Waals surface area contributed by atoms with Crippen molar-refractivity contribution in [1.82, 2.24) is 0 Å². The molecule has 0 atom stereocenters. The summed E-state index contributed by atoms with van der Waals surface area (Å²) in [5.74, 6) is -0.930. The number of benzene rings is 1. The molecular formula is C19H21NO3S. The second-order valence-electron chi connectivity index (χ2n) is 6.23. The second-order valence-corrected chi connectivity index (χ2v) is 7.28. The van der Waals surface area contributed by atoms with Gasteiger partial charge in [-0.1, -0.05) is 49.6 Å². The lowest BCUT2D eigenvalue weighted by atomic mass is 9.88. The monoisotopic (exact) mass is 343 g/mol. The molecule has 0 bridgehead atoms. The van der Waals surface area contributed by atoms with E-state index in [9.17, 15) is 14.7 Å². The highest BCUT2D eigenvalue weighted by Crippen LogP contribution is 2.37. The summed E-state index contributed by atoms with van der Waals surface area (Å²) in [5.41, 5.74) is 1.47. The lowest BCUT2D eigenvalue weighted by Crippen LogP contribution is -2.34. The Morgan fingerprint density at radius 2 is 1.79 bits per heavy atom. The highest BCUT2D eigenvalue weighted by Gasteiger charge is 2.28. The van der Waals surface area contributed by atoms with Crippen LogP contribution in [0, 0.1) is 5.92 Å². The first-order valence-electron chi connectivity index (χ1n) is 8.28. The van der Waals surface area contributed by atoms with Crippen molar-refractivity contribution in [2.45, 2.75) is 32.1 Å². The van der Waals surface area contributed by atoms with Crippen molar-refractivity contribution in [2.24, 2.45) is 5.92 Å². The molecule has 1 aromatic carbocycles. The predicted molar refractivity (Wildman–Crippen MR) is 96.7 cm³/mol. The van der Waals surface area contributed by atoms with Gasteiger partial charge in [0.1, 0.15) is 4.88 Å². The standard InChI is InChI=1S/C19H21NO3S/c1-20(18(21)14-10-6-3-7-11-14)15-12-16(24-17(15)19(22)23)13-8-4-2-5-9-13/h2,4-5,8-9,12,14H,3,6-7,10-11H2,1H3,(H,22,23). The zero-order valence-electron chi connectivity index (χ0n) is 13.7. The van der Waals surface area contributed by atoms with Crippen LogP contribution < -0.4 is 4.90 Å². The van der Waals surface area contributed by atoms with Gasteiger partial charge in [-0.3, -0.25) is 4.79 Å². The molecule has 1 aliphatic rings. The first-order valence-corrected chi connectivity index (χ1v) is 9.09. The number of carbonyl (C=O) groups excluding carboxylic acids is 1. The third-order valence-electron chi connectivity index (χ3n) is 4.61. The fourth-order valence-corrected chi connectivity index (χ4v) is 4.30. The van der Waals surface area contributed by atoms with E-state index in [1.807, 2.05) is 36.4 Å². The van der Waals surface area contributed by atoms with E-state index in [4.69, 9.17) is 0 Å². The molecule has 1 aromatic heterocycles. The van der Waals surface area contributed by atoms with Crippen LogP contribution in [-0.2, 0) is 4.79 Å². The van der Waals surface area contributed by atoms with E-state index in [2.05, 4.69) is 0 Å². The molecule has 3 rings (SSSR count). The van der Waals surface area contributed by atoms with E-state index in [1.165, 1.54) is 17.8 Å². The van der Waals surface area contributed by atoms with Gasteiger partial charge < -0.3 is 10.0 Å². The number of thiophene rings is 1. The van der Waals surface area contributed by atoms with Gasteiger partial charge in [-0.05, 0) is 24.5 Å². The smallest absolute Gasteiger partial charge is 0.348 e. The molecular weight excluding hydrogens is 322 g/mol. The van der Waals surface area contributed by atoms with Crippen molar-refractivity contribution in [2.75, 3.05) is 11.9 Å². The van der Waals surface area contributed by atoms with Crippen molar-refractivity contribution in [3.63, 3.8) is 0 Å². The molecule has 24 heavy (non-hydrogen) atoms. The predicted octanol–water partition coefficient (Wildman–Crippen LogP) is 4.66. The molecule has 1 amide bonds. The molecule has 2 aromatic rings. The van der Waals surface area contributed by atoms with E-state index in [0.29, 0.717) is 5.69 Å². The summed E-state index contributed by atoms with van der Waals surface area (Å²) >= 11 is 1.22. The van der Waals surface area contributed by atoms with Crippen molar-refractivity contribution >= 4 is 28.9 Å². The van der Waals surface area contributed by atoms with Gasteiger partial charge in [-0.15, -0.1) is 11.3 Å². The lowest BCUT2D eigenvalue weighted by Gasteiger charge is -2.26. The fourth-order valence-electron chi connectivity index (χ4n) is 3.27. The van der Waals surface area contributed by atoms with Gasteiger partial charge in [0.2, 0.25) is 5.91 Å². The Kier molecular flexibility index (Phi) is 5.00. The Morgan fingerprint density at radius 1 is 1.12 bits per heavy atom. The maximum absolute atomic E-state index is 12.8. The number of carboxylic acid groups (broad SMARTS) is 1. The maximum atomic E-state index is 12.8. The average Bonchev–Trinajstić information content (AvgIpc) is 3.07. The minimum Gasteiger partial charge on any atom is -0.477 e. The number of carboxylic acids is 1. The van der Waals surface area contributed by atoms with Gasteiger partial charge in [0.05, 0.1) is 5.69 Å². The molecule has 0 saturated heterocycles. The van der Waals surface area contributed by atoms with Gasteiger partial charge in [0, 0.05) is 17.8 Å². The first-order chi connectivity index (χ1) is 11.6. The fraction of sp³-hybridized carbons (Fsp3) is 0.368. The molecule has 0 radical (unpaired) electrons. The summed E-state index contributed by atoms with van der Waals surface area (Å²) in [6.07, 6.45) is 5.15. The van der Waals surface area contributed by atoms with Crippen LogP contribution in [0.15, 0.2) is 36.4 Å². The van der Waals surface area contributed by atoms with E-state index in [1.54, 1.807) is 11.9 Å². The summed E-state index contributed by atoms with van der Waals surface area (Å²) < 4.78 is 0. The number of rotatable bonds is 4. The Bertz CT molecular complexity index is 732. The van der Waals surface area contributed by atoms with Crippen molar-refractivity contribution in [1.29, 1.82) is 0 Å². The minimum absolute atomic E-state index is 0.0190. The summed E-state index contributed by atoms with van der Waals surface area (Å²) in [7, 11) is 1.69. The van der Waals surface area contributed by atoms with Crippen molar-refractivity contribution in [3.8, 4) is 10.4 Å². The third kappa shape index (κ3) is 3.36. The quantitative estimate of drug-likeness (QED) is 0.878. The molecule has 1 aliphatic carbocycles. The van der Waals surface area contributed by atoms with Crippen LogP contribution in [0.25, 0.3) is 10.4 Å². The largest absolute Gasteiger partial charge is 0.477 e. The molecule has 0 spiro atoms. The second kappa shape index (κ2) is 7.18. The van der Waals surface area contributed by atoms with Crippen LogP contribution >= 0.6 is 11.3 Å². The molecule has 0 aliphatic heterocycles. The lowest BCUT2D eigenvalue weighted by molar-refractivity contribution is -0.123. The highest BCUT2D eigenvalue weighted by molar-refractivity contribution is 7.18. The van der Waals surface area contributed by atoms with Gasteiger partial charge >= 0.3 is 5.97 Å². The molecule has 1 fully saturated rings. The van der Waals surface area contributed by atoms with Crippen LogP contribution in [0.5, 0.6) is 0 Å². The van der Waals surface area contributed by atoms with Crippen LogP contribution in [0.4, 0.5) is 5.69 Å². The van der Waals surface area contributed by atoms with E-state index < -0.39 is 5.97 Å². The van der Waals surface area contributed by atoms with Gasteiger partial charge in [-0.2, -0.15) is 0 Å². The highest BCUT2D eigenvalue weighted by atomic mass is 32.1. The van der Waals surface area contributed by atoms with Gasteiger partial charge in [-0.25, -0.2) is 4.79 Å². The number of nitrogens with zero attached hydrogens (tertiary/aromatic N) is 1. The van der Waals surface area contributed by atoms with Crippen molar-refractivity contribution < 1.29 is 14.7 Å². The Balaban J connectivity index is 1.92. The Morgan fingerprint density at radius 3 is 2.42 bits per heavy atom. The third-order valence-corrected chi connectivity index (χ3v) is 5.77. The molecule has 0 unspecified atom stereocenters. The SMILES string of the molecule is CN(C(=O)C1CCCCC1)c1cc(-c2ccccc2)sc1C(=O)O. The number of aromatic carboxylic acids is 1. The Labute approximate surface area is 145 Å². The van der Waals surface area contributed by atoms with E-state index in [-0.39, 0.29) is 16.7 Å². The van der Waals surface area contributed by atoms with Crippen LogP contribution in [-0.4, -0.2) is 24.0 Å². The zero-order valence-corrected chi connectivity index (χ0v) is 14.5. The van der Waals surface area contributed by atoms with Crippen LogP contribution in [0.2, 0.25) is 0 Å². The molecule has 126 valence electrons. The number of anilines is 1. The molecule has 1 saturated carbocycles. The topological polar surface area (TPSA) is 57.6 Å². The van der Waals surface area contributed by atoms with E-state index in [0.717, 1.165) is 36.1 Å². The van der Waals surface area contributed by atoms with Crippen LogP contribution in [0.1, 0.15) is 41.8 Å². The normalized spacial score (nSPS) is 15.2. The molecule has 4 nitrogen and oxygen atoms in total. The average molecular weight is 343 g/mol. The van der Waals surface area contributed by atoms with Crippen molar-refractivity contribution in [3.05, 3.63) is 41.3 Å². The van der Waals surface area contributed by atoms with E-state index >= 15 is 0 Å². The maximum Gasteiger partial charge on any atom is 0.348 e. The number of hydrogen-bond acceptors (Lipinski definition) is 3. The molecule has 1 heterocycles. The van der Waals surface area contributed by atoms with Crippen LogP contribution in [0.3, 0.4) is 0 Å². The minimum atomic E-state index is -0.986. The molecule has 1 N–H and O–H groups in total. The zero-order chi connectivity index (χ0) is 17.1. The van der Waals surface area contributed by atoms with Gasteiger partial charge in [0.15, 0.2) is 0 Å². The number of carbonyl (C=O) groups is 2.